The van der Waals surface area contributed by atoms with Crippen LogP contribution in [0.15, 0.2) is 43.0 Å². The van der Waals surface area contributed by atoms with Crippen LogP contribution in [0.2, 0.25) is 0 Å². The fourth-order valence-electron chi connectivity index (χ4n) is 19.5. The summed E-state index contributed by atoms with van der Waals surface area (Å²) < 4.78 is 0. The standard InChI is InChI=1S/C85H133N19O19S/c1-48(2)34-64(81(121)97-62(77(87)117)23-33-124-9)98-82(122)66(37-55-40-88-47-92-55)96-71(109)42-91-83(123)76(49(3)4)100-78(118)51(6)93-80(120)65(35-52-39-89-61-13-11-10-12-56(52)61)99-79(119)63(19-20-68(86)106)95-69(107)21-14-50(5)58-17-18-59-57-16-15-53-36-54(22-24-84(53,7)60(57)38-67(105)85(58,59)8)94-70(108)41-90-72(110)43-101-25-27-102(44-73(111)112)29-31-104(46-75(115)116)32-30-103(28-26-101)45-74(113)114/h10-13,39-40,47-51,53-54,57-60,62-67,76,89,105H,14-38,41-46H2,1-9H3,(H2,86,106)(H2,87,117)(H,88,92)(H,90,110)(H,91,123)(H,93,120)(H,94,108)(H,95,107)(H,96,109)(H,97,121)(H,98,122)(H,99,119)(H,100,118)(H,111,112)(H,113,114)(H,115,116)/t50-,51+,53-,54+,57?,58-,59?,60?,62+,63+,64+,65+,66+,67+,76+,84+,85-/m1/s1. The molecule has 8 rings (SSSR count). The smallest absolute Gasteiger partial charge is 0.317 e. The molecule has 12 amide bonds. The van der Waals surface area contributed by atoms with E-state index in [1.165, 1.54) is 31.2 Å². The van der Waals surface area contributed by atoms with E-state index in [0.29, 0.717) is 42.2 Å². The molecule has 4 aliphatic carbocycles. The van der Waals surface area contributed by atoms with E-state index < -0.39 is 149 Å². The summed E-state index contributed by atoms with van der Waals surface area (Å²) in [5, 5.41) is 69.5. The number of aliphatic carboxylic acids is 3. The number of fused-ring (bicyclic) bond motifs is 6. The molecule has 39 heteroatoms. The number of aromatic amines is 2. The number of nitrogens with two attached hydrogens (primary N) is 2. The van der Waals surface area contributed by atoms with Crippen molar-refractivity contribution in [3.63, 3.8) is 0 Å². The lowest BCUT2D eigenvalue weighted by Crippen LogP contribution is -2.59. The molecule has 1 aromatic carbocycles. The Morgan fingerprint density at radius 2 is 1.14 bits per heavy atom. The summed E-state index contributed by atoms with van der Waals surface area (Å²) in [7, 11) is 0. The number of primary amides is 2. The van der Waals surface area contributed by atoms with Gasteiger partial charge in [0.1, 0.15) is 42.3 Å². The Morgan fingerprint density at radius 3 is 1.73 bits per heavy atom. The third-order valence-corrected chi connectivity index (χ3v) is 26.9. The van der Waals surface area contributed by atoms with E-state index in [2.05, 4.69) is 88.9 Å². The number of nitrogens with zero attached hydrogens (tertiary/aromatic N) is 5. The highest BCUT2D eigenvalue weighted by Gasteiger charge is 2.64. The highest BCUT2D eigenvalue weighted by atomic mass is 32.2. The highest BCUT2D eigenvalue weighted by molar-refractivity contribution is 7.98. The molecule has 0 spiro atoms. The first kappa shape index (κ1) is 99.6. The minimum atomic E-state index is -1.40. The van der Waals surface area contributed by atoms with Crippen LogP contribution in [0, 0.1) is 58.2 Å². The molecule has 688 valence electrons. The summed E-state index contributed by atoms with van der Waals surface area (Å²) in [6.07, 6.45) is 12.3. The Hall–Kier alpha value is -9.83. The predicted octanol–water partition coefficient (Wildman–Crippen LogP) is -0.466. The van der Waals surface area contributed by atoms with Crippen LogP contribution in [0.1, 0.15) is 157 Å². The highest BCUT2D eigenvalue weighted by Crippen LogP contribution is 2.68. The number of para-hydroxylation sites is 1. The van der Waals surface area contributed by atoms with Gasteiger partial charge in [-0.25, -0.2) is 4.98 Å². The third kappa shape index (κ3) is 28.9. The van der Waals surface area contributed by atoms with Crippen molar-refractivity contribution in [2.45, 2.75) is 213 Å². The van der Waals surface area contributed by atoms with Gasteiger partial charge in [-0.05, 0) is 166 Å². The van der Waals surface area contributed by atoms with Crippen LogP contribution in [-0.2, 0) is 84.8 Å². The van der Waals surface area contributed by atoms with Crippen LogP contribution < -0.4 is 64.6 Å². The van der Waals surface area contributed by atoms with Gasteiger partial charge in [-0.2, -0.15) is 11.8 Å². The zero-order valence-electron chi connectivity index (χ0n) is 73.0. The van der Waals surface area contributed by atoms with Crippen LogP contribution in [0.3, 0.4) is 0 Å². The van der Waals surface area contributed by atoms with Gasteiger partial charge >= 0.3 is 17.9 Å². The topological polar surface area (TPSA) is 567 Å². The van der Waals surface area contributed by atoms with E-state index in [1.807, 2.05) is 38.3 Å². The van der Waals surface area contributed by atoms with Crippen molar-refractivity contribution >= 4 is 111 Å². The average Bonchev–Trinajstić information content (AvgIpc) is 1.49. The van der Waals surface area contributed by atoms with Gasteiger partial charge in [-0.3, -0.25) is 91.5 Å². The minimum absolute atomic E-state index is 0.0138. The Kier molecular flexibility index (Phi) is 37.7. The van der Waals surface area contributed by atoms with Crippen LogP contribution in [0.4, 0.5) is 0 Å². The molecule has 38 nitrogen and oxygen atoms in total. The largest absolute Gasteiger partial charge is 0.480 e. The molecule has 3 heterocycles. The number of nitrogens with one attached hydrogen (secondary N) is 12. The Labute approximate surface area is 728 Å². The van der Waals surface area contributed by atoms with E-state index in [-0.39, 0.29) is 183 Å². The SMILES string of the molecule is CSCC[C@H](NC(=O)[C@H](CC(C)C)NC(=O)[C@H](Cc1cnc[nH]1)NC(=O)CNC(=O)[C@@H](NC(=O)[C@H](C)NC(=O)[C@H](Cc1c[nH]c2ccccc12)NC(=O)[C@H](CCC(N)=O)NC(=O)CC[C@@H](C)[C@H]1CCC2C3CC[C@@H]4C[C@@H](NC(=O)CNC(=O)CN5CCN(CC(=O)O)CCN(CC(=O)O)CCN(CC(=O)O)CC5)CC[C@]4(C)C3C[C@H](O)[C@@]21C)C(C)C)C(N)=O. The van der Waals surface area contributed by atoms with Crippen molar-refractivity contribution < 1.29 is 92.3 Å². The van der Waals surface area contributed by atoms with Gasteiger partial charge in [0.25, 0.3) is 0 Å². The predicted molar refractivity (Wildman–Crippen MR) is 460 cm³/mol. The van der Waals surface area contributed by atoms with Crippen LogP contribution in [-0.4, -0.2) is 302 Å². The van der Waals surface area contributed by atoms with Crippen LogP contribution in [0.25, 0.3) is 10.9 Å². The molecular weight excluding hydrogens is 1620 g/mol. The second kappa shape index (κ2) is 46.9. The second-order valence-electron chi connectivity index (χ2n) is 35.8. The van der Waals surface area contributed by atoms with Gasteiger partial charge in [0.15, 0.2) is 0 Å². The average molecular weight is 1760 g/mol. The number of aliphatic hydroxyl groups is 1. The number of carbonyl (C=O) groups is 15. The summed E-state index contributed by atoms with van der Waals surface area (Å²) >= 11 is 1.46. The number of aromatic nitrogens is 3. The number of thioether (sulfide) groups is 1. The van der Waals surface area contributed by atoms with Gasteiger partial charge in [-0.1, -0.05) is 66.7 Å². The van der Waals surface area contributed by atoms with Crippen molar-refractivity contribution in [1.82, 2.24) is 87.7 Å². The summed E-state index contributed by atoms with van der Waals surface area (Å²) in [4.78, 5) is 217. The molecule has 2 aromatic heterocycles. The summed E-state index contributed by atoms with van der Waals surface area (Å²) in [5.74, 6) is -10.5. The maximum atomic E-state index is 14.7. The van der Waals surface area contributed by atoms with Gasteiger partial charge in [0.05, 0.1) is 51.7 Å². The zero-order chi connectivity index (χ0) is 90.9. The monoisotopic (exact) mass is 1760 g/mol. The molecule has 0 bridgehead atoms. The van der Waals surface area contributed by atoms with Crippen LogP contribution >= 0.6 is 11.8 Å². The molecule has 20 N–H and O–H groups in total. The van der Waals surface area contributed by atoms with Gasteiger partial charge in [0.2, 0.25) is 70.9 Å². The molecule has 5 fully saturated rings. The minimum Gasteiger partial charge on any atom is -0.480 e. The molecule has 3 aromatic rings. The number of carbonyl (C=O) groups excluding carboxylic acids is 12. The fourth-order valence-corrected chi connectivity index (χ4v) is 20.0. The molecule has 0 radical (unpaired) electrons. The van der Waals surface area contributed by atoms with Gasteiger partial charge in [-0.15, -0.1) is 0 Å². The number of amides is 12. The third-order valence-electron chi connectivity index (χ3n) is 26.3. The fraction of sp³-hybridized carbons (Fsp3) is 0.694. The lowest BCUT2D eigenvalue weighted by molar-refractivity contribution is -0.170. The molecule has 17 atom stereocenters. The number of hydrogen-bond donors (Lipinski definition) is 18. The number of aliphatic hydroxyl groups excluding tert-OH is 1. The van der Waals surface area contributed by atoms with Gasteiger partial charge < -0.3 is 95.0 Å². The summed E-state index contributed by atoms with van der Waals surface area (Å²) in [6, 6.07) is -1.67. The number of rotatable bonds is 44. The normalized spacial score (nSPS) is 24.1. The number of H-pyrrole nitrogens is 2. The molecular formula is C85H133N19O19S. The van der Waals surface area contributed by atoms with E-state index in [9.17, 15) is 92.3 Å². The first-order valence-corrected chi connectivity index (χ1v) is 44.9. The molecule has 5 aliphatic rings. The Balaban J connectivity index is 0.836. The Bertz CT molecular complexity index is 4160. The summed E-state index contributed by atoms with van der Waals surface area (Å²) in [5.41, 5.74) is 12.5. The van der Waals surface area contributed by atoms with E-state index in [4.69, 9.17) is 11.5 Å². The maximum absolute atomic E-state index is 14.7. The van der Waals surface area contributed by atoms with E-state index >= 15 is 0 Å². The quantitative estimate of drug-likeness (QED) is 0.0340. The number of hydrogen-bond acceptors (Lipinski definition) is 22. The second-order valence-corrected chi connectivity index (χ2v) is 36.8. The van der Waals surface area contributed by atoms with E-state index in [0.717, 1.165) is 49.4 Å². The van der Waals surface area contributed by atoms with Crippen molar-refractivity contribution in [2.24, 2.45) is 69.6 Å². The Morgan fingerprint density at radius 1 is 0.565 bits per heavy atom. The first-order valence-electron chi connectivity index (χ1n) is 43.5. The number of imidazole rings is 1. The number of carboxylic acids is 3. The van der Waals surface area contributed by atoms with Crippen molar-refractivity contribution in [1.29, 1.82) is 0 Å². The lowest BCUT2D eigenvalue weighted by atomic mass is 9.43. The molecule has 1 saturated heterocycles. The van der Waals surface area contributed by atoms with Crippen molar-refractivity contribution in [3.8, 4) is 0 Å². The van der Waals surface area contributed by atoms with Crippen molar-refractivity contribution in [2.75, 3.05) is 104 Å². The molecule has 124 heavy (non-hydrogen) atoms. The number of benzene rings is 1. The first-order chi connectivity index (χ1) is 58.7. The molecule has 3 unspecified atom stereocenters. The maximum Gasteiger partial charge on any atom is 0.317 e. The van der Waals surface area contributed by atoms with E-state index in [1.54, 1.807) is 45.7 Å². The number of carboxylic acid groups (broad SMARTS) is 3. The van der Waals surface area contributed by atoms with Crippen molar-refractivity contribution in [3.05, 3.63) is 54.2 Å². The van der Waals surface area contributed by atoms with Crippen LogP contribution in [0.5, 0.6) is 0 Å². The molecule has 1 aliphatic heterocycles. The molecule has 4 saturated carbocycles. The van der Waals surface area contributed by atoms with Gasteiger partial charge in [0, 0.05) is 113 Å². The summed E-state index contributed by atoms with van der Waals surface area (Å²) in [6.45, 7) is 14.9. The zero-order valence-corrected chi connectivity index (χ0v) is 73.8. The lowest BCUT2D eigenvalue weighted by Gasteiger charge is -2.62.